The van der Waals surface area contributed by atoms with E-state index in [0.717, 1.165) is 5.56 Å². The van der Waals surface area contributed by atoms with Crippen LogP contribution in [0.15, 0.2) is 30.3 Å². The van der Waals surface area contributed by atoms with Gasteiger partial charge in [0.1, 0.15) is 6.04 Å². The Labute approximate surface area is 132 Å². The Hall–Kier alpha value is -1.88. The summed E-state index contributed by atoms with van der Waals surface area (Å²) in [5, 5.41) is 3.17. The van der Waals surface area contributed by atoms with Gasteiger partial charge in [0, 0.05) is 6.42 Å². The molecule has 0 bridgehead atoms. The van der Waals surface area contributed by atoms with Gasteiger partial charge in [0.2, 0.25) is 0 Å². The average Bonchev–Trinajstić information content (AvgIpc) is 2.52. The molecule has 0 aliphatic rings. The van der Waals surface area contributed by atoms with E-state index in [9.17, 15) is 9.59 Å². The highest BCUT2D eigenvalue weighted by Crippen LogP contribution is 2.05. The smallest absolute Gasteiger partial charge is 0.323 e. The molecule has 1 rings (SSSR count). The molecule has 5 nitrogen and oxygen atoms in total. The summed E-state index contributed by atoms with van der Waals surface area (Å²) >= 11 is 0. The van der Waals surface area contributed by atoms with E-state index < -0.39 is 6.04 Å². The van der Waals surface area contributed by atoms with Crippen LogP contribution in [0.1, 0.15) is 32.3 Å². The Morgan fingerprint density at radius 3 is 2.41 bits per heavy atom. The minimum atomic E-state index is -0.399. The first kappa shape index (κ1) is 18.2. The lowest BCUT2D eigenvalue weighted by Gasteiger charge is -2.17. The summed E-state index contributed by atoms with van der Waals surface area (Å²) in [6.07, 6.45) is 1.55. The zero-order chi connectivity index (χ0) is 16.2. The summed E-state index contributed by atoms with van der Waals surface area (Å²) in [5.74, 6) is -0.470. The standard InChI is InChI=1S/C17H25NO4/c1-3-21-16(19)11-8-12-18-15(17(20)22-4-2)13-14-9-6-5-7-10-14/h5-7,9-10,15,18H,3-4,8,11-13H2,1-2H3. The second-order valence-corrected chi connectivity index (χ2v) is 4.86. The first-order valence-corrected chi connectivity index (χ1v) is 7.77. The summed E-state index contributed by atoms with van der Waals surface area (Å²) < 4.78 is 9.97. The van der Waals surface area contributed by atoms with E-state index in [1.165, 1.54) is 0 Å². The third kappa shape index (κ3) is 7.22. The van der Waals surface area contributed by atoms with Crippen molar-refractivity contribution in [3.63, 3.8) is 0 Å². The van der Waals surface area contributed by atoms with E-state index >= 15 is 0 Å². The Kier molecular flexibility index (Phi) is 8.91. The zero-order valence-corrected chi connectivity index (χ0v) is 13.3. The SMILES string of the molecule is CCOC(=O)CCCNC(Cc1ccccc1)C(=O)OCC. The van der Waals surface area contributed by atoms with E-state index in [0.29, 0.717) is 39.0 Å². The molecule has 1 atom stereocenters. The van der Waals surface area contributed by atoms with E-state index in [2.05, 4.69) is 5.32 Å². The van der Waals surface area contributed by atoms with Gasteiger partial charge in [-0.1, -0.05) is 30.3 Å². The summed E-state index contributed by atoms with van der Waals surface area (Å²) in [6.45, 7) is 4.89. The van der Waals surface area contributed by atoms with Crippen molar-refractivity contribution in [1.82, 2.24) is 5.32 Å². The van der Waals surface area contributed by atoms with Gasteiger partial charge in [-0.25, -0.2) is 0 Å². The van der Waals surface area contributed by atoms with Crippen LogP contribution in [0.5, 0.6) is 0 Å². The van der Waals surface area contributed by atoms with Crippen molar-refractivity contribution >= 4 is 11.9 Å². The third-order valence-electron chi connectivity index (χ3n) is 3.11. The zero-order valence-electron chi connectivity index (χ0n) is 13.3. The maximum Gasteiger partial charge on any atom is 0.323 e. The van der Waals surface area contributed by atoms with Crippen molar-refractivity contribution in [3.05, 3.63) is 35.9 Å². The highest BCUT2D eigenvalue weighted by Gasteiger charge is 2.19. The summed E-state index contributed by atoms with van der Waals surface area (Å²) in [6, 6.07) is 9.38. The topological polar surface area (TPSA) is 64.6 Å². The fourth-order valence-electron chi connectivity index (χ4n) is 2.07. The minimum absolute atomic E-state index is 0.208. The maximum atomic E-state index is 12.0. The molecule has 0 saturated carbocycles. The van der Waals surface area contributed by atoms with Gasteiger partial charge >= 0.3 is 11.9 Å². The third-order valence-corrected chi connectivity index (χ3v) is 3.11. The Bertz CT molecular complexity index is 447. The predicted octanol–water partition coefficient (Wildman–Crippen LogP) is 2.09. The van der Waals surface area contributed by atoms with Crippen molar-refractivity contribution in [2.45, 2.75) is 39.2 Å². The number of rotatable bonds is 10. The van der Waals surface area contributed by atoms with Gasteiger partial charge in [0.05, 0.1) is 13.2 Å². The van der Waals surface area contributed by atoms with Crippen LogP contribution in [0.4, 0.5) is 0 Å². The molecule has 5 heteroatoms. The molecule has 0 aromatic heterocycles. The van der Waals surface area contributed by atoms with E-state index in [4.69, 9.17) is 9.47 Å². The molecule has 0 fully saturated rings. The van der Waals surface area contributed by atoms with Crippen molar-refractivity contribution in [2.24, 2.45) is 0 Å². The van der Waals surface area contributed by atoms with Gasteiger partial charge in [-0.2, -0.15) is 0 Å². The number of esters is 2. The van der Waals surface area contributed by atoms with Crippen molar-refractivity contribution in [1.29, 1.82) is 0 Å². The molecule has 22 heavy (non-hydrogen) atoms. The molecule has 0 radical (unpaired) electrons. The van der Waals surface area contributed by atoms with Crippen LogP contribution in [-0.2, 0) is 25.5 Å². The van der Waals surface area contributed by atoms with Crippen LogP contribution in [0.2, 0.25) is 0 Å². The quantitative estimate of drug-likeness (QED) is 0.530. The van der Waals surface area contributed by atoms with Gasteiger partial charge < -0.3 is 14.8 Å². The first-order chi connectivity index (χ1) is 10.7. The Morgan fingerprint density at radius 1 is 1.09 bits per heavy atom. The Morgan fingerprint density at radius 2 is 1.77 bits per heavy atom. The van der Waals surface area contributed by atoms with Crippen LogP contribution < -0.4 is 5.32 Å². The van der Waals surface area contributed by atoms with Crippen molar-refractivity contribution < 1.29 is 19.1 Å². The maximum absolute atomic E-state index is 12.0. The fraction of sp³-hybridized carbons (Fsp3) is 0.529. The van der Waals surface area contributed by atoms with Crippen LogP contribution >= 0.6 is 0 Å². The highest BCUT2D eigenvalue weighted by atomic mass is 16.5. The number of nitrogens with one attached hydrogen (secondary N) is 1. The highest BCUT2D eigenvalue weighted by molar-refractivity contribution is 5.76. The normalized spacial score (nSPS) is 11.7. The molecular formula is C17H25NO4. The second kappa shape index (κ2) is 10.8. The van der Waals surface area contributed by atoms with Crippen molar-refractivity contribution in [2.75, 3.05) is 19.8 Å². The Balaban J connectivity index is 2.45. The monoisotopic (exact) mass is 307 g/mol. The number of carbonyl (C=O) groups excluding carboxylic acids is 2. The molecule has 0 saturated heterocycles. The van der Waals surface area contributed by atoms with Gasteiger partial charge in [-0.15, -0.1) is 0 Å². The van der Waals surface area contributed by atoms with Gasteiger partial charge in [-0.05, 0) is 38.8 Å². The van der Waals surface area contributed by atoms with Gasteiger partial charge in [-0.3, -0.25) is 9.59 Å². The molecule has 1 N–H and O–H groups in total. The molecule has 0 aliphatic carbocycles. The number of benzene rings is 1. The number of ether oxygens (including phenoxy) is 2. The second-order valence-electron chi connectivity index (χ2n) is 4.86. The summed E-state index contributed by atoms with van der Waals surface area (Å²) in [4.78, 5) is 23.3. The molecule has 0 spiro atoms. The van der Waals surface area contributed by atoms with Gasteiger partial charge in [0.25, 0.3) is 0 Å². The molecule has 0 amide bonds. The van der Waals surface area contributed by atoms with Crippen LogP contribution in [-0.4, -0.2) is 37.7 Å². The molecule has 122 valence electrons. The lowest BCUT2D eigenvalue weighted by Crippen LogP contribution is -2.40. The van der Waals surface area contributed by atoms with E-state index in [-0.39, 0.29) is 11.9 Å². The molecule has 1 unspecified atom stereocenters. The fourth-order valence-corrected chi connectivity index (χ4v) is 2.07. The molecule has 0 aliphatic heterocycles. The van der Waals surface area contributed by atoms with Crippen LogP contribution in [0, 0.1) is 0 Å². The number of hydrogen-bond acceptors (Lipinski definition) is 5. The summed E-state index contributed by atoms with van der Waals surface area (Å²) in [5.41, 5.74) is 1.07. The lowest BCUT2D eigenvalue weighted by molar-refractivity contribution is -0.145. The largest absolute Gasteiger partial charge is 0.466 e. The summed E-state index contributed by atoms with van der Waals surface area (Å²) in [7, 11) is 0. The van der Waals surface area contributed by atoms with E-state index in [1.807, 2.05) is 30.3 Å². The lowest BCUT2D eigenvalue weighted by atomic mass is 10.1. The van der Waals surface area contributed by atoms with Gasteiger partial charge in [0.15, 0.2) is 0 Å². The number of hydrogen-bond donors (Lipinski definition) is 1. The average molecular weight is 307 g/mol. The molecule has 0 heterocycles. The van der Waals surface area contributed by atoms with E-state index in [1.54, 1.807) is 13.8 Å². The van der Waals surface area contributed by atoms with Crippen LogP contribution in [0.3, 0.4) is 0 Å². The predicted molar refractivity (Wildman–Crippen MR) is 84.4 cm³/mol. The molecular weight excluding hydrogens is 282 g/mol. The molecule has 1 aromatic carbocycles. The molecule has 1 aromatic rings. The van der Waals surface area contributed by atoms with Crippen LogP contribution in [0.25, 0.3) is 0 Å². The first-order valence-electron chi connectivity index (χ1n) is 7.77. The van der Waals surface area contributed by atoms with Crippen molar-refractivity contribution in [3.8, 4) is 0 Å². The minimum Gasteiger partial charge on any atom is -0.466 e. The number of carbonyl (C=O) groups is 2.